The van der Waals surface area contributed by atoms with E-state index in [1.807, 2.05) is 6.92 Å². The lowest BCUT2D eigenvalue weighted by atomic mass is 10.2. The Bertz CT molecular complexity index is 999. The Balaban J connectivity index is 1.93. The predicted molar refractivity (Wildman–Crippen MR) is 101 cm³/mol. The number of aromatic nitrogens is 3. The number of para-hydroxylation sites is 1. The Morgan fingerprint density at radius 1 is 1.32 bits per heavy atom. The molecule has 0 saturated heterocycles. The molecular weight excluding hydrogens is 413 g/mol. The normalized spacial score (nSPS) is 11.6. The van der Waals surface area contributed by atoms with Crippen LogP contribution in [0.5, 0.6) is 0 Å². The largest absolute Gasteiger partial charge is 0.435 e. The molecule has 1 amide bonds. The van der Waals surface area contributed by atoms with E-state index in [1.165, 1.54) is 35.4 Å². The lowest BCUT2D eigenvalue weighted by Crippen LogP contribution is -2.30. The highest BCUT2D eigenvalue weighted by molar-refractivity contribution is 7.09. The van der Waals surface area contributed by atoms with Crippen LogP contribution in [0.4, 0.5) is 13.2 Å². The molecule has 3 aromatic rings. The molecule has 0 radical (unpaired) electrons. The zero-order valence-corrected chi connectivity index (χ0v) is 16.6. The van der Waals surface area contributed by atoms with Crippen molar-refractivity contribution in [3.8, 4) is 5.69 Å². The second-order valence-electron chi connectivity index (χ2n) is 6.11. The molecule has 3 rings (SSSR count). The summed E-state index contributed by atoms with van der Waals surface area (Å²) in [6.45, 7) is 2.20. The number of benzene rings is 1. The van der Waals surface area contributed by atoms with Gasteiger partial charge in [0.25, 0.3) is 5.91 Å². The molecule has 0 aliphatic carbocycles. The maximum atomic E-state index is 13.2. The molecule has 0 N–H and O–H groups in total. The van der Waals surface area contributed by atoms with Crippen LogP contribution in [0.15, 0.2) is 35.8 Å². The molecule has 28 heavy (non-hydrogen) atoms. The van der Waals surface area contributed by atoms with Gasteiger partial charge in [0.1, 0.15) is 5.69 Å². The van der Waals surface area contributed by atoms with E-state index in [9.17, 15) is 18.0 Å². The van der Waals surface area contributed by atoms with Gasteiger partial charge in [0.15, 0.2) is 5.69 Å². The van der Waals surface area contributed by atoms with Gasteiger partial charge in [-0.05, 0) is 19.1 Å². The van der Waals surface area contributed by atoms with Crippen LogP contribution in [0.1, 0.15) is 26.8 Å². The Hall–Kier alpha value is -2.39. The Morgan fingerprint density at radius 2 is 2.04 bits per heavy atom. The molecule has 0 aliphatic heterocycles. The maximum absolute atomic E-state index is 13.2. The quantitative estimate of drug-likeness (QED) is 0.595. The van der Waals surface area contributed by atoms with Crippen LogP contribution in [-0.4, -0.2) is 39.2 Å². The first-order chi connectivity index (χ1) is 13.2. The smallest absolute Gasteiger partial charge is 0.340 e. The lowest BCUT2D eigenvalue weighted by molar-refractivity contribution is -0.141. The Kier molecular flexibility index (Phi) is 5.76. The summed E-state index contributed by atoms with van der Waals surface area (Å²) < 4.78 is 40.5. The highest BCUT2D eigenvalue weighted by atomic mass is 35.5. The van der Waals surface area contributed by atoms with Gasteiger partial charge >= 0.3 is 6.18 Å². The minimum atomic E-state index is -4.68. The SMILES string of the molecule is Cc1ncsc1CCN(C)C(=O)c1cc(C(F)(F)F)nn1-c1ccccc1Cl. The third kappa shape index (κ3) is 4.20. The molecule has 0 spiro atoms. The molecule has 148 valence electrons. The van der Waals surface area contributed by atoms with Crippen LogP contribution in [-0.2, 0) is 12.6 Å². The molecule has 0 atom stereocenters. The number of carbonyl (C=O) groups excluding carboxylic acids is 1. The van der Waals surface area contributed by atoms with Crippen LogP contribution in [0.2, 0.25) is 5.02 Å². The predicted octanol–water partition coefficient (Wildman–Crippen LogP) is 4.62. The molecule has 5 nitrogen and oxygen atoms in total. The van der Waals surface area contributed by atoms with E-state index in [2.05, 4.69) is 10.1 Å². The highest BCUT2D eigenvalue weighted by Crippen LogP contribution is 2.31. The van der Waals surface area contributed by atoms with Gasteiger partial charge in [0.05, 0.1) is 21.9 Å². The van der Waals surface area contributed by atoms with E-state index in [-0.39, 0.29) is 16.4 Å². The molecule has 2 aromatic heterocycles. The van der Waals surface area contributed by atoms with Gasteiger partial charge in [-0.1, -0.05) is 23.7 Å². The van der Waals surface area contributed by atoms with Crippen molar-refractivity contribution >= 4 is 28.8 Å². The molecule has 0 fully saturated rings. The van der Waals surface area contributed by atoms with Crippen molar-refractivity contribution in [2.45, 2.75) is 19.5 Å². The fraction of sp³-hybridized carbons (Fsp3) is 0.278. The number of carbonyl (C=O) groups is 1. The van der Waals surface area contributed by atoms with Crippen LogP contribution in [0, 0.1) is 6.92 Å². The first-order valence-corrected chi connectivity index (χ1v) is 9.51. The Labute approximate surface area is 168 Å². The molecule has 0 bridgehead atoms. The van der Waals surface area contributed by atoms with E-state index >= 15 is 0 Å². The molecule has 0 unspecified atom stereocenters. The molecule has 1 aromatic carbocycles. The number of rotatable bonds is 5. The van der Waals surface area contributed by atoms with Gasteiger partial charge in [0, 0.05) is 31.0 Å². The van der Waals surface area contributed by atoms with E-state index in [0.29, 0.717) is 13.0 Å². The van der Waals surface area contributed by atoms with Crippen molar-refractivity contribution in [1.29, 1.82) is 0 Å². The number of aryl methyl sites for hydroxylation is 1. The fourth-order valence-corrected chi connectivity index (χ4v) is 3.60. The summed E-state index contributed by atoms with van der Waals surface area (Å²) in [5.41, 5.74) is 1.45. The number of amides is 1. The minimum absolute atomic E-state index is 0.191. The first kappa shape index (κ1) is 20.3. The van der Waals surface area contributed by atoms with E-state index in [1.54, 1.807) is 17.6 Å². The number of likely N-dealkylation sites (N-methyl/N-ethyl adjacent to an activating group) is 1. The number of alkyl halides is 3. The van der Waals surface area contributed by atoms with Crippen molar-refractivity contribution in [3.05, 3.63) is 62.8 Å². The monoisotopic (exact) mass is 428 g/mol. The number of hydrogen-bond acceptors (Lipinski definition) is 4. The average molecular weight is 429 g/mol. The summed E-state index contributed by atoms with van der Waals surface area (Å²) in [4.78, 5) is 19.4. The number of nitrogens with zero attached hydrogens (tertiary/aromatic N) is 4. The van der Waals surface area contributed by atoms with E-state index in [0.717, 1.165) is 21.3 Å². The van der Waals surface area contributed by atoms with Gasteiger partial charge in [-0.3, -0.25) is 4.79 Å². The van der Waals surface area contributed by atoms with Crippen LogP contribution in [0.25, 0.3) is 5.69 Å². The fourth-order valence-electron chi connectivity index (χ4n) is 2.61. The lowest BCUT2D eigenvalue weighted by Gasteiger charge is -2.18. The molecule has 0 saturated carbocycles. The van der Waals surface area contributed by atoms with Gasteiger partial charge in [-0.15, -0.1) is 11.3 Å². The summed E-state index contributed by atoms with van der Waals surface area (Å²) in [5, 5.41) is 3.78. The summed E-state index contributed by atoms with van der Waals surface area (Å²) in [6.07, 6.45) is -4.12. The minimum Gasteiger partial charge on any atom is -0.340 e. The van der Waals surface area contributed by atoms with Crippen molar-refractivity contribution in [3.63, 3.8) is 0 Å². The zero-order chi connectivity index (χ0) is 20.5. The topological polar surface area (TPSA) is 51.0 Å². The summed E-state index contributed by atoms with van der Waals surface area (Å²) in [6, 6.07) is 7.04. The van der Waals surface area contributed by atoms with Crippen molar-refractivity contribution < 1.29 is 18.0 Å². The molecule has 10 heteroatoms. The van der Waals surface area contributed by atoms with Crippen LogP contribution >= 0.6 is 22.9 Å². The number of thiazole rings is 1. The van der Waals surface area contributed by atoms with Gasteiger partial charge < -0.3 is 4.90 Å². The second kappa shape index (κ2) is 7.92. The second-order valence-corrected chi connectivity index (χ2v) is 7.46. The third-order valence-electron chi connectivity index (χ3n) is 4.17. The Morgan fingerprint density at radius 3 is 2.64 bits per heavy atom. The molecule has 2 heterocycles. The van der Waals surface area contributed by atoms with E-state index < -0.39 is 17.8 Å². The van der Waals surface area contributed by atoms with Crippen LogP contribution < -0.4 is 0 Å². The zero-order valence-electron chi connectivity index (χ0n) is 15.0. The number of hydrogen-bond donors (Lipinski definition) is 0. The van der Waals surface area contributed by atoms with Gasteiger partial charge in [0.2, 0.25) is 0 Å². The standard InChI is InChI=1S/C18H16ClF3N4OS/c1-11-15(28-10-23-11)7-8-25(2)17(27)14-9-16(18(20,21)22)24-26(14)13-6-4-3-5-12(13)19/h3-6,9-10H,7-8H2,1-2H3. The van der Waals surface area contributed by atoms with Crippen molar-refractivity contribution in [2.24, 2.45) is 0 Å². The van der Waals surface area contributed by atoms with Gasteiger partial charge in [-0.25, -0.2) is 9.67 Å². The van der Waals surface area contributed by atoms with Crippen molar-refractivity contribution in [1.82, 2.24) is 19.7 Å². The average Bonchev–Trinajstić information content (AvgIpc) is 3.25. The summed E-state index contributed by atoms with van der Waals surface area (Å²) in [7, 11) is 1.54. The number of halogens is 4. The van der Waals surface area contributed by atoms with E-state index in [4.69, 9.17) is 11.6 Å². The summed E-state index contributed by atoms with van der Waals surface area (Å²) >= 11 is 7.59. The molecule has 0 aliphatic rings. The first-order valence-electron chi connectivity index (χ1n) is 8.25. The van der Waals surface area contributed by atoms with Gasteiger partial charge in [-0.2, -0.15) is 18.3 Å². The molecular formula is C18H16ClF3N4OS. The third-order valence-corrected chi connectivity index (χ3v) is 5.48. The summed E-state index contributed by atoms with van der Waals surface area (Å²) in [5.74, 6) is -0.579. The maximum Gasteiger partial charge on any atom is 0.435 e. The van der Waals surface area contributed by atoms with Crippen LogP contribution in [0.3, 0.4) is 0 Å². The van der Waals surface area contributed by atoms with Crippen molar-refractivity contribution in [2.75, 3.05) is 13.6 Å². The highest BCUT2D eigenvalue weighted by Gasteiger charge is 2.36.